The Labute approximate surface area is 113 Å². The molecule has 4 N–H and O–H groups in total. The second kappa shape index (κ2) is 6.98. The minimum atomic E-state index is -4.04. The van der Waals surface area contributed by atoms with Gasteiger partial charge in [-0.3, -0.25) is 0 Å². The third kappa shape index (κ3) is 9.99. The van der Waals surface area contributed by atoms with Gasteiger partial charge in [-0.1, -0.05) is 12.2 Å². The molecule has 0 saturated carbocycles. The van der Waals surface area contributed by atoms with Crippen LogP contribution in [0.25, 0.3) is 0 Å². The summed E-state index contributed by atoms with van der Waals surface area (Å²) in [7, 11) is 0. The lowest BCUT2D eigenvalue weighted by Crippen LogP contribution is -1.99. The zero-order chi connectivity index (χ0) is 13.0. The fourth-order valence-corrected chi connectivity index (χ4v) is 9.09. The van der Waals surface area contributed by atoms with Crippen LogP contribution < -0.4 is 0 Å². The molecule has 0 heterocycles. The number of aliphatic hydroxyl groups is 1. The van der Waals surface area contributed by atoms with Crippen molar-refractivity contribution in [1.82, 2.24) is 0 Å². The van der Waals surface area contributed by atoms with Crippen LogP contribution in [0.2, 0.25) is 0 Å². The van der Waals surface area contributed by atoms with Gasteiger partial charge in [-0.2, -0.15) is 0 Å². The molecule has 98 valence electrons. The first-order valence-electron chi connectivity index (χ1n) is 3.37. The van der Waals surface area contributed by atoms with Gasteiger partial charge in [-0.15, -0.1) is 0 Å². The number of aliphatic hydroxyl groups excluding tert-OH is 1. The van der Waals surface area contributed by atoms with Gasteiger partial charge in [0.15, 0.2) is 0 Å². The normalized spacial score (nSPS) is 23.1. The maximum Gasteiger partial charge on any atom is 0.338 e. The Morgan fingerprint density at radius 2 is 1.50 bits per heavy atom. The Hall–Kier alpha value is 2.02. The standard InChI is InChI=1S/C2H9O7P3S4/c3-1-2-7-10(4,13)8-11(5,14)9-12(6,15)16/h3H,1-2H2,(H,4,13)(H,5,14)(H2,6,15,16). The van der Waals surface area contributed by atoms with Crippen LogP contribution in [0.4, 0.5) is 0 Å². The zero-order valence-corrected chi connectivity index (χ0v) is 13.5. The van der Waals surface area contributed by atoms with Crippen molar-refractivity contribution >= 4 is 66.8 Å². The lowest BCUT2D eigenvalue weighted by Gasteiger charge is -2.22. The second-order valence-corrected chi connectivity index (χ2v) is 13.3. The van der Waals surface area contributed by atoms with Gasteiger partial charge >= 0.3 is 13.4 Å². The highest BCUT2D eigenvalue weighted by Crippen LogP contribution is 2.69. The molecule has 7 nitrogen and oxygen atoms in total. The molecule has 0 aliphatic carbocycles. The Morgan fingerprint density at radius 3 is 1.88 bits per heavy atom. The summed E-state index contributed by atoms with van der Waals surface area (Å²) in [5, 5.41) is 8.42. The summed E-state index contributed by atoms with van der Waals surface area (Å²) in [5.74, 6) is 0. The van der Waals surface area contributed by atoms with E-state index in [1.807, 2.05) is 0 Å². The Balaban J connectivity index is 4.52. The molecule has 0 aromatic rings. The van der Waals surface area contributed by atoms with Crippen molar-refractivity contribution in [1.29, 1.82) is 0 Å². The smallest absolute Gasteiger partial charge is 0.338 e. The van der Waals surface area contributed by atoms with Crippen molar-refractivity contribution in [3.05, 3.63) is 0 Å². The summed E-state index contributed by atoms with van der Waals surface area (Å²) < 4.78 is 13.4. The third-order valence-corrected chi connectivity index (χ3v) is 7.97. The molecule has 16 heavy (non-hydrogen) atoms. The van der Waals surface area contributed by atoms with E-state index in [1.165, 1.54) is 0 Å². The van der Waals surface area contributed by atoms with Crippen LogP contribution in [-0.2, 0) is 48.6 Å². The van der Waals surface area contributed by atoms with E-state index in [0.717, 1.165) is 0 Å². The van der Waals surface area contributed by atoms with Crippen LogP contribution in [0, 0.1) is 0 Å². The van der Waals surface area contributed by atoms with Gasteiger partial charge in [-0.05, 0) is 35.4 Å². The molecule has 14 heteroatoms. The molecule has 0 fully saturated rings. The maximum absolute atomic E-state index is 9.38. The molecule has 3 unspecified atom stereocenters. The highest BCUT2D eigenvalue weighted by Gasteiger charge is 2.31. The van der Waals surface area contributed by atoms with E-state index in [0.29, 0.717) is 0 Å². The van der Waals surface area contributed by atoms with Crippen LogP contribution in [0.15, 0.2) is 0 Å². The van der Waals surface area contributed by atoms with Gasteiger partial charge in [0.2, 0.25) is 5.69 Å². The molecule has 0 aliphatic heterocycles. The van der Waals surface area contributed by atoms with E-state index >= 15 is 0 Å². The summed E-state index contributed by atoms with van der Waals surface area (Å²) in [4.78, 5) is 27.7. The third-order valence-electron chi connectivity index (χ3n) is 0.762. The van der Waals surface area contributed by atoms with Crippen LogP contribution in [0.3, 0.4) is 0 Å². The first-order valence-corrected chi connectivity index (χ1v) is 12.4. The van der Waals surface area contributed by atoms with Crippen molar-refractivity contribution in [2.75, 3.05) is 13.2 Å². The SMILES string of the molecule is OCCOP(O)(=S)OP(O)(=S)OP(O)(=S)S. The van der Waals surface area contributed by atoms with E-state index < -0.39 is 25.7 Å². The number of hydrogen-bond donors (Lipinski definition) is 5. The summed E-state index contributed by atoms with van der Waals surface area (Å²) in [6, 6.07) is 0. The lowest BCUT2D eigenvalue weighted by atomic mass is 10.8. The highest BCUT2D eigenvalue weighted by molar-refractivity contribution is 8.60. The second-order valence-electron chi connectivity index (χ2n) is 2.15. The van der Waals surface area contributed by atoms with E-state index in [4.69, 9.17) is 10.00 Å². The monoisotopic (exact) mass is 366 g/mol. The van der Waals surface area contributed by atoms with Gasteiger partial charge in [0, 0.05) is 0 Å². The Morgan fingerprint density at radius 1 is 1.00 bits per heavy atom. The minimum absolute atomic E-state index is 0.294. The molecule has 0 saturated heterocycles. The predicted molar refractivity (Wildman–Crippen MR) is 73.7 cm³/mol. The average molecular weight is 366 g/mol. The van der Waals surface area contributed by atoms with Crippen molar-refractivity contribution < 1.29 is 32.9 Å². The molecule has 3 atom stereocenters. The molecule has 0 aromatic carbocycles. The Bertz CT molecular complexity index is 365. The van der Waals surface area contributed by atoms with Crippen LogP contribution in [-0.4, -0.2) is 33.0 Å². The fourth-order valence-electron chi connectivity index (χ4n) is 0.459. The Kier molecular flexibility index (Phi) is 7.86. The van der Waals surface area contributed by atoms with Gasteiger partial charge < -0.3 is 24.3 Å². The molecule has 0 amide bonds. The van der Waals surface area contributed by atoms with E-state index in [1.54, 1.807) is 0 Å². The van der Waals surface area contributed by atoms with Crippen LogP contribution in [0.5, 0.6) is 0 Å². The van der Waals surface area contributed by atoms with Gasteiger partial charge in [0.25, 0.3) is 0 Å². The lowest BCUT2D eigenvalue weighted by molar-refractivity contribution is 0.179. The molecule has 0 aliphatic rings. The maximum atomic E-state index is 9.38. The molecule has 0 bridgehead atoms. The van der Waals surface area contributed by atoms with Gasteiger partial charge in [0.05, 0.1) is 13.2 Å². The quantitative estimate of drug-likeness (QED) is 0.325. The van der Waals surface area contributed by atoms with E-state index in [9.17, 15) is 9.79 Å². The minimum Gasteiger partial charge on any atom is -0.394 e. The molecule has 0 radical (unpaired) electrons. The fraction of sp³-hybridized carbons (Fsp3) is 1.00. The van der Waals surface area contributed by atoms with Gasteiger partial charge in [0.1, 0.15) is 0 Å². The van der Waals surface area contributed by atoms with E-state index in [2.05, 4.69) is 60.8 Å². The summed E-state index contributed by atoms with van der Waals surface area (Å²) in [6.45, 7) is -8.58. The highest BCUT2D eigenvalue weighted by atomic mass is 32.9. The van der Waals surface area contributed by atoms with Crippen molar-refractivity contribution in [2.45, 2.75) is 0 Å². The van der Waals surface area contributed by atoms with Crippen molar-refractivity contribution in [3.63, 3.8) is 0 Å². The summed E-state index contributed by atoms with van der Waals surface area (Å²) in [6.07, 6.45) is 0. The summed E-state index contributed by atoms with van der Waals surface area (Å²) in [5.41, 5.74) is -3.55. The van der Waals surface area contributed by atoms with Crippen molar-refractivity contribution in [3.8, 4) is 0 Å². The van der Waals surface area contributed by atoms with Crippen LogP contribution >= 0.6 is 31.4 Å². The topological polar surface area (TPSA) is 109 Å². The first kappa shape index (κ1) is 18.0. The molecule has 0 aromatic heterocycles. The zero-order valence-electron chi connectivity index (χ0n) is 7.44. The van der Waals surface area contributed by atoms with Gasteiger partial charge in [-0.25, -0.2) is 8.62 Å². The number of hydrogen-bond acceptors (Lipinski definition) is 7. The number of thiol groups is 1. The van der Waals surface area contributed by atoms with Crippen molar-refractivity contribution in [2.24, 2.45) is 0 Å². The molecular weight excluding hydrogens is 357 g/mol. The largest absolute Gasteiger partial charge is 0.394 e. The first-order chi connectivity index (χ1) is 6.97. The van der Waals surface area contributed by atoms with E-state index in [-0.39, 0.29) is 6.61 Å². The number of rotatable bonds is 7. The molecular formula is C2H9O7P3S4. The predicted octanol–water partition coefficient (Wildman–Crippen LogP) is 0.609. The summed E-state index contributed by atoms with van der Waals surface area (Å²) >= 11 is 16.7. The van der Waals surface area contributed by atoms with Crippen LogP contribution in [0.1, 0.15) is 0 Å². The molecule has 0 rings (SSSR count). The molecule has 0 spiro atoms. The average Bonchev–Trinajstić information content (AvgIpc) is 1.93.